The number of anilines is 2. The van der Waals surface area contributed by atoms with Crippen molar-refractivity contribution in [1.29, 1.82) is 0 Å². The average Bonchev–Trinajstić information content (AvgIpc) is 3.07. The minimum atomic E-state index is -0.405. The van der Waals surface area contributed by atoms with Crippen LogP contribution < -0.4 is 10.2 Å². The Morgan fingerprint density at radius 1 is 1.20 bits per heavy atom. The van der Waals surface area contributed by atoms with Crippen molar-refractivity contribution in [2.24, 2.45) is 5.92 Å². The fourth-order valence-electron chi connectivity index (χ4n) is 3.91. The second kappa shape index (κ2) is 7.75. The lowest BCUT2D eigenvalue weighted by molar-refractivity contribution is -0.182. The Hall–Kier alpha value is -1.59. The van der Waals surface area contributed by atoms with Gasteiger partial charge in [0.05, 0.1) is 13.2 Å². The number of nitrogens with zero attached hydrogens (tertiary/aromatic N) is 1. The Labute approximate surface area is 150 Å². The van der Waals surface area contributed by atoms with Crippen molar-refractivity contribution in [3.63, 3.8) is 0 Å². The first-order valence-corrected chi connectivity index (χ1v) is 9.51. The van der Waals surface area contributed by atoms with E-state index in [0.717, 1.165) is 50.0 Å². The molecule has 1 aromatic carbocycles. The van der Waals surface area contributed by atoms with E-state index in [9.17, 15) is 4.79 Å². The number of hydrogen-bond donors (Lipinski definition) is 1. The van der Waals surface area contributed by atoms with Gasteiger partial charge in [-0.2, -0.15) is 0 Å². The smallest absolute Gasteiger partial charge is 0.227 e. The molecule has 1 N–H and O–H groups in total. The zero-order chi connectivity index (χ0) is 17.9. The monoisotopic (exact) mass is 346 g/mol. The molecule has 1 amide bonds. The molecular formula is C20H30N2O3. The number of rotatable bonds is 5. The first-order chi connectivity index (χ1) is 12.1. The van der Waals surface area contributed by atoms with Crippen LogP contribution in [0, 0.1) is 12.8 Å². The molecule has 0 aromatic heterocycles. The Kier molecular flexibility index (Phi) is 5.64. The summed E-state index contributed by atoms with van der Waals surface area (Å²) in [7, 11) is 0. The number of ether oxygens (including phenoxy) is 2. The van der Waals surface area contributed by atoms with Gasteiger partial charge in [0.1, 0.15) is 0 Å². The summed E-state index contributed by atoms with van der Waals surface area (Å²) in [5, 5.41) is 3.12. The first kappa shape index (κ1) is 18.2. The number of benzene rings is 1. The van der Waals surface area contributed by atoms with E-state index in [1.165, 1.54) is 5.69 Å². The lowest BCUT2D eigenvalue weighted by Gasteiger charge is -2.34. The summed E-state index contributed by atoms with van der Waals surface area (Å²) < 4.78 is 11.5. The standard InChI is InChI=1S/C20H30N2O3/c1-4-22(5-2)17-6-7-18(15(3)14-17)21-19(23)16-8-10-20(11-9-16)24-12-13-25-20/h6-7,14,16H,4-5,8-13H2,1-3H3,(H,21,23). The van der Waals surface area contributed by atoms with Crippen LogP contribution in [0.25, 0.3) is 0 Å². The zero-order valence-corrected chi connectivity index (χ0v) is 15.6. The number of nitrogens with one attached hydrogen (secondary N) is 1. The van der Waals surface area contributed by atoms with Gasteiger partial charge in [-0.05, 0) is 57.4 Å². The topological polar surface area (TPSA) is 50.8 Å². The molecule has 25 heavy (non-hydrogen) atoms. The molecule has 3 rings (SSSR count). The van der Waals surface area contributed by atoms with E-state index >= 15 is 0 Å². The van der Waals surface area contributed by atoms with Crippen molar-refractivity contribution < 1.29 is 14.3 Å². The minimum Gasteiger partial charge on any atom is -0.372 e. The van der Waals surface area contributed by atoms with E-state index in [0.29, 0.717) is 13.2 Å². The van der Waals surface area contributed by atoms with Gasteiger partial charge in [-0.1, -0.05) is 0 Å². The summed E-state index contributed by atoms with van der Waals surface area (Å²) in [5.41, 5.74) is 3.22. The molecule has 0 radical (unpaired) electrons. The van der Waals surface area contributed by atoms with Gasteiger partial charge in [0.15, 0.2) is 5.79 Å². The van der Waals surface area contributed by atoms with Crippen LogP contribution in [-0.4, -0.2) is 38.0 Å². The van der Waals surface area contributed by atoms with Crippen LogP contribution in [0.1, 0.15) is 45.1 Å². The molecule has 0 unspecified atom stereocenters. The number of amides is 1. The second-order valence-corrected chi connectivity index (χ2v) is 7.04. The first-order valence-electron chi connectivity index (χ1n) is 9.51. The van der Waals surface area contributed by atoms with Crippen molar-refractivity contribution >= 4 is 17.3 Å². The molecule has 5 nitrogen and oxygen atoms in total. The van der Waals surface area contributed by atoms with Gasteiger partial charge in [0.2, 0.25) is 5.91 Å². The van der Waals surface area contributed by atoms with Crippen LogP contribution in [-0.2, 0) is 14.3 Å². The molecule has 2 fully saturated rings. The summed E-state index contributed by atoms with van der Waals surface area (Å²) in [6, 6.07) is 6.26. The van der Waals surface area contributed by atoms with E-state index in [4.69, 9.17) is 9.47 Å². The predicted molar refractivity (Wildman–Crippen MR) is 100.0 cm³/mol. The van der Waals surface area contributed by atoms with E-state index in [2.05, 4.69) is 43.1 Å². The lowest BCUT2D eigenvalue weighted by atomic mass is 9.84. The normalized spacial score (nSPS) is 20.0. The summed E-state index contributed by atoms with van der Waals surface area (Å²) in [6.45, 7) is 9.68. The maximum Gasteiger partial charge on any atom is 0.227 e. The molecule has 1 aromatic rings. The molecule has 138 valence electrons. The third-order valence-corrected chi connectivity index (χ3v) is 5.53. The molecule has 0 bridgehead atoms. The molecule has 5 heteroatoms. The number of carbonyl (C=O) groups is 1. The van der Waals surface area contributed by atoms with Gasteiger partial charge in [0.25, 0.3) is 0 Å². The van der Waals surface area contributed by atoms with Crippen molar-refractivity contribution in [2.75, 3.05) is 36.5 Å². The minimum absolute atomic E-state index is 0.0419. The SMILES string of the molecule is CCN(CC)c1ccc(NC(=O)C2CCC3(CC2)OCCO3)c(C)c1. The van der Waals surface area contributed by atoms with Gasteiger partial charge in [0, 0.05) is 43.2 Å². The van der Waals surface area contributed by atoms with E-state index in [-0.39, 0.29) is 11.8 Å². The Bertz CT molecular complexity index is 597. The highest BCUT2D eigenvalue weighted by atomic mass is 16.7. The highest BCUT2D eigenvalue weighted by Crippen LogP contribution is 2.38. The third-order valence-electron chi connectivity index (χ3n) is 5.53. The van der Waals surface area contributed by atoms with Crippen molar-refractivity contribution in [3.8, 4) is 0 Å². The van der Waals surface area contributed by atoms with Crippen LogP contribution in [0.5, 0.6) is 0 Å². The van der Waals surface area contributed by atoms with Crippen molar-refractivity contribution in [3.05, 3.63) is 23.8 Å². The summed E-state index contributed by atoms with van der Waals surface area (Å²) in [4.78, 5) is 15.0. The fourth-order valence-corrected chi connectivity index (χ4v) is 3.91. The Morgan fingerprint density at radius 3 is 2.40 bits per heavy atom. The zero-order valence-electron chi connectivity index (χ0n) is 15.6. The predicted octanol–water partition coefficient (Wildman–Crippen LogP) is 3.71. The summed E-state index contributed by atoms with van der Waals surface area (Å²) in [5.74, 6) is -0.246. The van der Waals surface area contributed by atoms with E-state index in [1.54, 1.807) is 0 Å². The van der Waals surface area contributed by atoms with Crippen LogP contribution in [0.3, 0.4) is 0 Å². The quantitative estimate of drug-likeness (QED) is 0.883. The lowest BCUT2D eigenvalue weighted by Crippen LogP contribution is -2.38. The van der Waals surface area contributed by atoms with Gasteiger partial charge in [-0.3, -0.25) is 4.79 Å². The highest BCUT2D eigenvalue weighted by molar-refractivity contribution is 5.93. The maximum atomic E-state index is 12.7. The van der Waals surface area contributed by atoms with Gasteiger partial charge in [-0.15, -0.1) is 0 Å². The van der Waals surface area contributed by atoms with E-state index in [1.807, 2.05) is 6.07 Å². The molecule has 1 saturated heterocycles. The third kappa shape index (κ3) is 3.98. The molecule has 1 saturated carbocycles. The number of aryl methyl sites for hydroxylation is 1. The van der Waals surface area contributed by atoms with Crippen molar-refractivity contribution in [2.45, 2.75) is 52.2 Å². The van der Waals surface area contributed by atoms with Crippen LogP contribution >= 0.6 is 0 Å². The largest absolute Gasteiger partial charge is 0.372 e. The summed E-state index contributed by atoms with van der Waals surface area (Å²) >= 11 is 0. The molecule has 1 aliphatic heterocycles. The number of carbonyl (C=O) groups excluding carboxylic acids is 1. The second-order valence-electron chi connectivity index (χ2n) is 7.04. The van der Waals surface area contributed by atoms with Crippen LogP contribution in [0.15, 0.2) is 18.2 Å². The van der Waals surface area contributed by atoms with Gasteiger partial charge >= 0.3 is 0 Å². The van der Waals surface area contributed by atoms with Crippen LogP contribution in [0.2, 0.25) is 0 Å². The summed E-state index contributed by atoms with van der Waals surface area (Å²) in [6.07, 6.45) is 3.26. The fraction of sp³-hybridized carbons (Fsp3) is 0.650. The van der Waals surface area contributed by atoms with Crippen LogP contribution in [0.4, 0.5) is 11.4 Å². The van der Waals surface area contributed by atoms with E-state index < -0.39 is 5.79 Å². The molecule has 1 aliphatic carbocycles. The Morgan fingerprint density at radius 2 is 1.84 bits per heavy atom. The molecule has 1 spiro atoms. The molecular weight excluding hydrogens is 316 g/mol. The highest BCUT2D eigenvalue weighted by Gasteiger charge is 2.41. The molecule has 2 aliphatic rings. The Balaban J connectivity index is 1.59. The van der Waals surface area contributed by atoms with Gasteiger partial charge in [-0.25, -0.2) is 0 Å². The van der Waals surface area contributed by atoms with Crippen molar-refractivity contribution in [1.82, 2.24) is 0 Å². The maximum absolute atomic E-state index is 12.7. The molecule has 0 atom stereocenters. The molecule has 1 heterocycles. The number of hydrogen-bond acceptors (Lipinski definition) is 4. The average molecular weight is 346 g/mol. The van der Waals surface area contributed by atoms with Gasteiger partial charge < -0.3 is 19.7 Å².